The van der Waals surface area contributed by atoms with Crippen molar-refractivity contribution in [1.29, 1.82) is 0 Å². The van der Waals surface area contributed by atoms with Crippen LogP contribution < -0.4 is 0 Å². The number of carboxylic acids is 1. The lowest BCUT2D eigenvalue weighted by Crippen LogP contribution is -1.98. The molecular weight excluding hydrogens is 252 g/mol. The molecule has 94 valence electrons. The van der Waals surface area contributed by atoms with Crippen molar-refractivity contribution in [3.05, 3.63) is 33.5 Å². The normalized spacial score (nSPS) is 15.3. The van der Waals surface area contributed by atoms with Gasteiger partial charge in [-0.1, -0.05) is 11.6 Å². The van der Waals surface area contributed by atoms with Crippen LogP contribution in [0.25, 0.3) is 11.0 Å². The summed E-state index contributed by atoms with van der Waals surface area (Å²) in [6.45, 7) is 3.82. The number of carboxylic acid groups (broad SMARTS) is 1. The zero-order chi connectivity index (χ0) is 13.0. The smallest absolute Gasteiger partial charge is 0.372 e. The van der Waals surface area contributed by atoms with E-state index >= 15 is 0 Å². The lowest BCUT2D eigenvalue weighted by atomic mass is 10.00. The van der Waals surface area contributed by atoms with Gasteiger partial charge in [0.2, 0.25) is 5.76 Å². The molecule has 1 aromatic heterocycles. The maximum Gasteiger partial charge on any atom is 0.372 e. The molecule has 4 heteroatoms. The molecule has 18 heavy (non-hydrogen) atoms. The van der Waals surface area contributed by atoms with Crippen LogP contribution in [-0.4, -0.2) is 11.1 Å². The number of benzene rings is 1. The zero-order valence-corrected chi connectivity index (χ0v) is 11.0. The fraction of sp³-hybridized carbons (Fsp3) is 0.357. The molecular formula is C14H13ClO3. The van der Waals surface area contributed by atoms with Crippen LogP contribution in [0.1, 0.15) is 46.0 Å². The third-order valence-electron chi connectivity index (χ3n) is 3.55. The number of aromatic carboxylic acids is 1. The standard InChI is InChI=1S/C14H13ClO3/c1-6-5-9-10(7(2)12(6)15)11(8-3-4-8)13(18-9)14(16)17/h5,8H,3-4H2,1-2H3,(H,16,17). The molecule has 1 aliphatic carbocycles. The first-order valence-electron chi connectivity index (χ1n) is 5.96. The molecule has 0 aliphatic heterocycles. The van der Waals surface area contributed by atoms with Gasteiger partial charge in [0, 0.05) is 16.0 Å². The quantitative estimate of drug-likeness (QED) is 0.881. The SMILES string of the molecule is Cc1cc2oc(C(=O)O)c(C3CC3)c2c(C)c1Cl. The highest BCUT2D eigenvalue weighted by Gasteiger charge is 2.34. The highest BCUT2D eigenvalue weighted by atomic mass is 35.5. The fourth-order valence-electron chi connectivity index (χ4n) is 2.54. The lowest BCUT2D eigenvalue weighted by molar-refractivity contribution is 0.0663. The molecule has 0 bridgehead atoms. The maximum absolute atomic E-state index is 11.3. The Balaban J connectivity index is 2.42. The third kappa shape index (κ3) is 1.54. The Morgan fingerprint density at radius 2 is 2.11 bits per heavy atom. The molecule has 1 fully saturated rings. The largest absolute Gasteiger partial charge is 0.475 e. The predicted molar refractivity (Wildman–Crippen MR) is 69.6 cm³/mol. The molecule has 0 radical (unpaired) electrons. The summed E-state index contributed by atoms with van der Waals surface area (Å²) in [6, 6.07) is 1.82. The average molecular weight is 265 g/mol. The molecule has 0 spiro atoms. The van der Waals surface area contributed by atoms with Gasteiger partial charge in [0.15, 0.2) is 0 Å². The van der Waals surface area contributed by atoms with Gasteiger partial charge in [-0.05, 0) is 49.8 Å². The Morgan fingerprint density at radius 1 is 1.44 bits per heavy atom. The van der Waals surface area contributed by atoms with Gasteiger partial charge in [0.25, 0.3) is 0 Å². The second-order valence-electron chi connectivity index (χ2n) is 4.93. The van der Waals surface area contributed by atoms with Gasteiger partial charge >= 0.3 is 5.97 Å². The minimum Gasteiger partial charge on any atom is -0.475 e. The van der Waals surface area contributed by atoms with Crippen molar-refractivity contribution in [2.24, 2.45) is 0 Å². The predicted octanol–water partition coefficient (Wildman–Crippen LogP) is 4.28. The summed E-state index contributed by atoms with van der Waals surface area (Å²) in [7, 11) is 0. The summed E-state index contributed by atoms with van der Waals surface area (Å²) >= 11 is 6.25. The third-order valence-corrected chi connectivity index (χ3v) is 4.13. The van der Waals surface area contributed by atoms with Crippen LogP contribution in [0.3, 0.4) is 0 Å². The van der Waals surface area contributed by atoms with Crippen molar-refractivity contribution in [1.82, 2.24) is 0 Å². The summed E-state index contributed by atoms with van der Waals surface area (Å²) in [5, 5.41) is 10.8. The number of aryl methyl sites for hydroxylation is 2. The van der Waals surface area contributed by atoms with E-state index in [-0.39, 0.29) is 5.76 Å². The summed E-state index contributed by atoms with van der Waals surface area (Å²) in [5.74, 6) is -0.603. The van der Waals surface area contributed by atoms with Gasteiger partial charge in [-0.2, -0.15) is 0 Å². The Morgan fingerprint density at radius 3 is 2.67 bits per heavy atom. The van der Waals surface area contributed by atoms with Gasteiger partial charge < -0.3 is 9.52 Å². The van der Waals surface area contributed by atoms with E-state index in [0.717, 1.165) is 34.9 Å². The number of carbonyl (C=O) groups is 1. The van der Waals surface area contributed by atoms with Crippen molar-refractivity contribution in [3.63, 3.8) is 0 Å². The molecule has 0 unspecified atom stereocenters. The van der Waals surface area contributed by atoms with E-state index in [1.54, 1.807) is 0 Å². The Bertz CT molecular complexity index is 665. The van der Waals surface area contributed by atoms with E-state index in [9.17, 15) is 9.90 Å². The van der Waals surface area contributed by atoms with Crippen LogP contribution in [0.4, 0.5) is 0 Å². The minimum absolute atomic E-state index is 0.0808. The van der Waals surface area contributed by atoms with Crippen LogP contribution >= 0.6 is 11.6 Å². The Labute approximate surface area is 109 Å². The fourth-order valence-corrected chi connectivity index (χ4v) is 2.69. The number of halogens is 1. The van der Waals surface area contributed by atoms with Gasteiger partial charge in [-0.15, -0.1) is 0 Å². The maximum atomic E-state index is 11.3. The van der Waals surface area contributed by atoms with E-state index in [1.165, 1.54) is 0 Å². The van der Waals surface area contributed by atoms with Crippen LogP contribution in [0.5, 0.6) is 0 Å². The monoisotopic (exact) mass is 264 g/mol. The molecule has 1 aromatic carbocycles. The highest BCUT2D eigenvalue weighted by Crippen LogP contribution is 2.48. The Kier molecular flexibility index (Phi) is 2.42. The lowest BCUT2D eigenvalue weighted by Gasteiger charge is -2.05. The van der Waals surface area contributed by atoms with Crippen molar-refractivity contribution < 1.29 is 14.3 Å². The first kappa shape index (κ1) is 11.6. The van der Waals surface area contributed by atoms with Crippen molar-refractivity contribution in [2.45, 2.75) is 32.6 Å². The molecule has 0 saturated heterocycles. The van der Waals surface area contributed by atoms with Gasteiger partial charge in [0.1, 0.15) is 5.58 Å². The molecule has 3 nitrogen and oxygen atoms in total. The van der Waals surface area contributed by atoms with Crippen molar-refractivity contribution >= 4 is 28.5 Å². The number of rotatable bonds is 2. The van der Waals surface area contributed by atoms with Crippen molar-refractivity contribution in [2.75, 3.05) is 0 Å². The van der Waals surface area contributed by atoms with Crippen molar-refractivity contribution in [3.8, 4) is 0 Å². The van der Waals surface area contributed by atoms with E-state index in [4.69, 9.17) is 16.0 Å². The summed E-state index contributed by atoms with van der Waals surface area (Å²) in [6.07, 6.45) is 2.06. The second kappa shape index (κ2) is 3.75. The van der Waals surface area contributed by atoms with Gasteiger partial charge in [-0.3, -0.25) is 0 Å². The number of fused-ring (bicyclic) bond motifs is 1. The summed E-state index contributed by atoms with van der Waals surface area (Å²) in [5.41, 5.74) is 3.30. The first-order valence-corrected chi connectivity index (χ1v) is 6.34. The zero-order valence-electron chi connectivity index (χ0n) is 10.2. The summed E-state index contributed by atoms with van der Waals surface area (Å²) in [4.78, 5) is 11.3. The highest BCUT2D eigenvalue weighted by molar-refractivity contribution is 6.33. The topological polar surface area (TPSA) is 50.4 Å². The average Bonchev–Trinajstić information content (AvgIpc) is 3.07. The van der Waals surface area contributed by atoms with Crippen LogP contribution in [-0.2, 0) is 0 Å². The molecule has 0 atom stereocenters. The molecule has 2 aromatic rings. The molecule has 0 amide bonds. The van der Waals surface area contributed by atoms with E-state index in [2.05, 4.69) is 0 Å². The van der Waals surface area contributed by atoms with Crippen LogP contribution in [0, 0.1) is 13.8 Å². The molecule has 1 aliphatic rings. The van der Waals surface area contributed by atoms with Gasteiger partial charge in [-0.25, -0.2) is 4.79 Å². The molecule has 1 heterocycles. The minimum atomic E-state index is -0.999. The number of furan rings is 1. The van der Waals surface area contributed by atoms with E-state index in [0.29, 0.717) is 16.5 Å². The number of hydrogen-bond donors (Lipinski definition) is 1. The van der Waals surface area contributed by atoms with Crippen LogP contribution in [0.2, 0.25) is 5.02 Å². The molecule has 1 N–H and O–H groups in total. The molecule has 3 rings (SSSR count). The van der Waals surface area contributed by atoms with E-state index < -0.39 is 5.97 Å². The number of hydrogen-bond acceptors (Lipinski definition) is 2. The van der Waals surface area contributed by atoms with Crippen LogP contribution in [0.15, 0.2) is 10.5 Å². The van der Waals surface area contributed by atoms with Gasteiger partial charge in [0.05, 0.1) is 0 Å². The van der Waals surface area contributed by atoms with E-state index in [1.807, 2.05) is 19.9 Å². The first-order chi connectivity index (χ1) is 8.50. The molecule has 1 saturated carbocycles. The second-order valence-corrected chi connectivity index (χ2v) is 5.31. The summed E-state index contributed by atoms with van der Waals surface area (Å²) < 4.78 is 5.52. The Hall–Kier alpha value is -1.48.